The fourth-order valence-corrected chi connectivity index (χ4v) is 4.89. The van der Waals surface area contributed by atoms with Gasteiger partial charge in [-0.1, -0.05) is 32.4 Å². The fraction of sp³-hybridized carbons (Fsp3) is 0.500. The molecule has 1 unspecified atom stereocenters. The molecule has 1 aliphatic rings. The van der Waals surface area contributed by atoms with Crippen LogP contribution in [0.15, 0.2) is 35.7 Å². The zero-order valence-corrected chi connectivity index (χ0v) is 20.5. The largest absolute Gasteiger partial charge is 0.491 e. The van der Waals surface area contributed by atoms with Gasteiger partial charge in [-0.15, -0.1) is 11.3 Å². The molecule has 1 aliphatic heterocycles. The highest BCUT2D eigenvalue weighted by Crippen LogP contribution is 2.34. The van der Waals surface area contributed by atoms with Gasteiger partial charge in [0.05, 0.1) is 6.04 Å². The predicted octanol–water partition coefficient (Wildman–Crippen LogP) is 4.98. The molecular weight excluding hydrogens is 446 g/mol. The summed E-state index contributed by atoms with van der Waals surface area (Å²) in [5.41, 5.74) is 1.13. The monoisotopic (exact) mass is 477 g/mol. The second-order valence-electron chi connectivity index (χ2n) is 8.42. The number of ether oxygens (including phenoxy) is 1. The Morgan fingerprint density at radius 1 is 1.28 bits per heavy atom. The molecule has 1 aromatic carbocycles. The molecule has 3 rings (SSSR count). The molecule has 2 heterocycles. The first-order valence-corrected chi connectivity index (χ1v) is 12.4. The lowest BCUT2D eigenvalue weighted by atomic mass is 10.0. The van der Waals surface area contributed by atoms with Crippen molar-refractivity contribution >= 4 is 34.9 Å². The number of hydrogen-bond donors (Lipinski definition) is 1. The van der Waals surface area contributed by atoms with Crippen molar-refractivity contribution in [2.45, 2.75) is 39.7 Å². The number of halogens is 1. The average Bonchev–Trinajstić information content (AvgIpc) is 3.25. The maximum absolute atomic E-state index is 13.4. The van der Waals surface area contributed by atoms with Gasteiger partial charge in [0.15, 0.2) is 0 Å². The van der Waals surface area contributed by atoms with Crippen LogP contribution in [0.1, 0.15) is 43.7 Å². The third kappa shape index (κ3) is 6.39. The van der Waals surface area contributed by atoms with E-state index in [0.717, 1.165) is 18.4 Å². The summed E-state index contributed by atoms with van der Waals surface area (Å²) >= 11 is 7.69. The van der Waals surface area contributed by atoms with E-state index < -0.39 is 0 Å². The van der Waals surface area contributed by atoms with Crippen molar-refractivity contribution in [1.29, 1.82) is 0 Å². The Morgan fingerprint density at radius 3 is 2.72 bits per heavy atom. The van der Waals surface area contributed by atoms with E-state index >= 15 is 0 Å². The second kappa shape index (κ2) is 11.6. The molecule has 2 aromatic rings. The highest BCUT2D eigenvalue weighted by atomic mass is 35.5. The van der Waals surface area contributed by atoms with Crippen LogP contribution in [0.25, 0.3) is 0 Å². The predicted molar refractivity (Wildman–Crippen MR) is 130 cm³/mol. The lowest BCUT2D eigenvalue weighted by molar-refractivity contribution is -0.135. The van der Waals surface area contributed by atoms with Crippen LogP contribution in [0.5, 0.6) is 5.75 Å². The maximum Gasteiger partial charge on any atom is 0.317 e. The molecule has 1 atom stereocenters. The summed E-state index contributed by atoms with van der Waals surface area (Å²) in [6.07, 6.45) is 1.68. The fourth-order valence-electron chi connectivity index (χ4n) is 3.84. The van der Waals surface area contributed by atoms with Crippen LogP contribution in [0.4, 0.5) is 4.79 Å². The molecule has 32 heavy (non-hydrogen) atoms. The third-order valence-corrected chi connectivity index (χ3v) is 6.61. The summed E-state index contributed by atoms with van der Waals surface area (Å²) in [5, 5.41) is 5.62. The molecular formula is C24H32ClN3O3S. The van der Waals surface area contributed by atoms with Gasteiger partial charge in [-0.05, 0) is 60.0 Å². The molecule has 8 heteroatoms. The number of hydrogen-bond acceptors (Lipinski definition) is 4. The first-order chi connectivity index (χ1) is 15.4. The van der Waals surface area contributed by atoms with E-state index in [1.807, 2.05) is 37.8 Å². The molecule has 0 radical (unpaired) electrons. The molecule has 6 nitrogen and oxygen atoms in total. The molecule has 0 bridgehead atoms. The van der Waals surface area contributed by atoms with Crippen LogP contribution in [-0.4, -0.2) is 54.5 Å². The van der Waals surface area contributed by atoms with Crippen molar-refractivity contribution in [3.8, 4) is 5.75 Å². The topological polar surface area (TPSA) is 61.9 Å². The molecule has 0 saturated carbocycles. The summed E-state index contributed by atoms with van der Waals surface area (Å²) < 4.78 is 6.04. The molecule has 3 amide bonds. The minimum absolute atomic E-state index is 0.0566. The molecule has 0 aliphatic carbocycles. The number of rotatable bonds is 9. The average molecular weight is 478 g/mol. The number of fused-ring (bicyclic) bond motifs is 1. The highest BCUT2D eigenvalue weighted by Gasteiger charge is 2.33. The van der Waals surface area contributed by atoms with Crippen LogP contribution >= 0.6 is 22.9 Å². The number of urea groups is 1. The van der Waals surface area contributed by atoms with Gasteiger partial charge in [-0.25, -0.2) is 4.79 Å². The van der Waals surface area contributed by atoms with Crippen LogP contribution in [0.2, 0.25) is 5.02 Å². The molecule has 1 N–H and O–H groups in total. The van der Waals surface area contributed by atoms with E-state index in [2.05, 4.69) is 16.8 Å². The first-order valence-electron chi connectivity index (χ1n) is 11.2. The van der Waals surface area contributed by atoms with Gasteiger partial charge in [0.25, 0.3) is 0 Å². The van der Waals surface area contributed by atoms with Crippen LogP contribution < -0.4 is 10.1 Å². The third-order valence-electron chi connectivity index (χ3n) is 5.36. The Balaban J connectivity index is 1.74. The highest BCUT2D eigenvalue weighted by molar-refractivity contribution is 7.10. The van der Waals surface area contributed by atoms with Crippen molar-refractivity contribution in [1.82, 2.24) is 15.1 Å². The number of nitrogens with one attached hydrogen (secondary N) is 1. The number of carbonyl (C=O) groups excluding carboxylic acids is 2. The minimum atomic E-state index is -0.187. The van der Waals surface area contributed by atoms with E-state index in [0.29, 0.717) is 37.0 Å². The summed E-state index contributed by atoms with van der Waals surface area (Å²) in [5.74, 6) is 0.924. The molecule has 174 valence electrons. The van der Waals surface area contributed by atoms with Gasteiger partial charge in [-0.3, -0.25) is 4.79 Å². The summed E-state index contributed by atoms with van der Waals surface area (Å²) in [6, 6.07) is 8.94. The Morgan fingerprint density at radius 2 is 2.03 bits per heavy atom. The van der Waals surface area contributed by atoms with E-state index in [9.17, 15) is 9.59 Å². The summed E-state index contributed by atoms with van der Waals surface area (Å²) in [4.78, 5) is 30.8. The van der Waals surface area contributed by atoms with Gasteiger partial charge in [0, 0.05) is 29.5 Å². The lowest BCUT2D eigenvalue weighted by Gasteiger charge is -2.37. The smallest absolute Gasteiger partial charge is 0.317 e. The Kier molecular flexibility index (Phi) is 8.82. The number of nitrogens with zero attached hydrogens (tertiary/aromatic N) is 2. The number of carbonyl (C=O) groups is 2. The van der Waals surface area contributed by atoms with Gasteiger partial charge >= 0.3 is 6.03 Å². The summed E-state index contributed by atoms with van der Waals surface area (Å²) in [7, 11) is 0. The van der Waals surface area contributed by atoms with Crippen LogP contribution in [0.3, 0.4) is 0 Å². The van der Waals surface area contributed by atoms with Gasteiger partial charge in [0.1, 0.15) is 18.9 Å². The number of amides is 3. The minimum Gasteiger partial charge on any atom is -0.491 e. The Hall–Kier alpha value is -2.25. The van der Waals surface area contributed by atoms with E-state index in [1.165, 1.54) is 4.88 Å². The molecule has 1 aromatic heterocycles. The van der Waals surface area contributed by atoms with Crippen LogP contribution in [-0.2, 0) is 11.2 Å². The summed E-state index contributed by atoms with van der Waals surface area (Å²) in [6.45, 7) is 8.26. The SMILES string of the molecule is CCCNC(=O)N(CC(=O)N1CCc2sccc2C1COc1ccc(Cl)cc1)CC(C)C. The number of benzene rings is 1. The Bertz CT molecular complexity index is 900. The van der Waals surface area contributed by atoms with Crippen molar-refractivity contribution < 1.29 is 14.3 Å². The first kappa shape index (κ1) is 24.4. The molecule has 0 fully saturated rings. The van der Waals surface area contributed by atoms with Gasteiger partial charge in [0.2, 0.25) is 5.91 Å². The Labute approximate surface area is 199 Å². The van der Waals surface area contributed by atoms with E-state index in [4.69, 9.17) is 16.3 Å². The van der Waals surface area contributed by atoms with Crippen molar-refractivity contribution in [3.63, 3.8) is 0 Å². The zero-order valence-electron chi connectivity index (χ0n) is 19.0. The zero-order chi connectivity index (χ0) is 23.1. The standard InChI is InChI=1S/C24H32ClN3O3S/c1-4-11-26-24(30)27(14-17(2)3)15-23(29)28-12-9-22-20(10-13-32-22)21(28)16-31-19-7-5-18(25)6-8-19/h5-8,10,13,17,21H,4,9,11-12,14-16H2,1-3H3,(H,26,30). The van der Waals surface area contributed by atoms with E-state index in [-0.39, 0.29) is 30.4 Å². The molecule has 0 spiro atoms. The maximum atomic E-state index is 13.4. The normalized spacial score (nSPS) is 15.4. The van der Waals surface area contributed by atoms with Crippen molar-refractivity contribution in [2.24, 2.45) is 5.92 Å². The van der Waals surface area contributed by atoms with Gasteiger partial charge in [-0.2, -0.15) is 0 Å². The van der Waals surface area contributed by atoms with Crippen molar-refractivity contribution in [2.75, 3.05) is 32.8 Å². The van der Waals surface area contributed by atoms with Crippen LogP contribution in [0, 0.1) is 5.92 Å². The number of thiophene rings is 1. The molecule has 0 saturated heterocycles. The second-order valence-corrected chi connectivity index (χ2v) is 9.86. The van der Waals surface area contributed by atoms with Crippen molar-refractivity contribution in [3.05, 3.63) is 51.2 Å². The van der Waals surface area contributed by atoms with Gasteiger partial charge < -0.3 is 19.9 Å². The van der Waals surface area contributed by atoms with E-state index in [1.54, 1.807) is 28.4 Å². The lowest BCUT2D eigenvalue weighted by Crippen LogP contribution is -2.50. The quantitative estimate of drug-likeness (QED) is 0.553.